The molecule has 84 valence electrons. The van der Waals surface area contributed by atoms with Crippen LogP contribution < -0.4 is 4.74 Å². The Balaban J connectivity index is 2.39. The molecule has 0 aliphatic rings. The van der Waals surface area contributed by atoms with E-state index in [1.54, 1.807) is 9.95 Å². The quantitative estimate of drug-likeness (QED) is 0.852. The summed E-state index contributed by atoms with van der Waals surface area (Å²) in [6, 6.07) is 7.45. The van der Waals surface area contributed by atoms with Crippen LogP contribution in [0.25, 0.3) is 5.69 Å². The number of thiazole rings is 1. The zero-order valence-corrected chi connectivity index (χ0v) is 10.3. The molecular formula is C11H11NO2S2. The van der Waals surface area contributed by atoms with E-state index < -0.39 is 0 Å². The van der Waals surface area contributed by atoms with Crippen molar-refractivity contribution in [3.05, 3.63) is 33.6 Å². The van der Waals surface area contributed by atoms with Crippen LogP contribution in [0.3, 0.4) is 0 Å². The minimum absolute atomic E-state index is 0.166. The molecule has 0 saturated heterocycles. The fourth-order valence-corrected chi connectivity index (χ4v) is 2.36. The summed E-state index contributed by atoms with van der Waals surface area (Å²) in [5.41, 5.74) is 0.840. The Morgan fingerprint density at radius 3 is 2.56 bits per heavy atom. The number of aromatic hydroxyl groups is 1. The second-order valence-electron chi connectivity index (χ2n) is 3.12. The first-order valence-corrected chi connectivity index (χ1v) is 6.14. The zero-order valence-electron chi connectivity index (χ0n) is 8.71. The fraction of sp³-hybridized carbons (Fsp3) is 0.182. The van der Waals surface area contributed by atoms with Gasteiger partial charge in [0.25, 0.3) is 0 Å². The third-order valence-corrected chi connectivity index (χ3v) is 3.27. The van der Waals surface area contributed by atoms with E-state index in [4.69, 9.17) is 17.0 Å². The summed E-state index contributed by atoms with van der Waals surface area (Å²) >= 11 is 6.47. The van der Waals surface area contributed by atoms with E-state index in [0.29, 0.717) is 10.6 Å². The lowest BCUT2D eigenvalue weighted by Gasteiger charge is -2.06. The minimum Gasteiger partial charge on any atom is -0.494 e. The highest BCUT2D eigenvalue weighted by molar-refractivity contribution is 7.73. The summed E-state index contributed by atoms with van der Waals surface area (Å²) in [4.78, 5) is 0. The fourth-order valence-electron chi connectivity index (χ4n) is 1.40. The predicted molar refractivity (Wildman–Crippen MR) is 67.3 cm³/mol. The number of hydrogen-bond acceptors (Lipinski definition) is 4. The van der Waals surface area contributed by atoms with Gasteiger partial charge >= 0.3 is 0 Å². The molecule has 0 atom stereocenters. The maximum absolute atomic E-state index is 9.63. The van der Waals surface area contributed by atoms with Crippen molar-refractivity contribution < 1.29 is 9.84 Å². The molecule has 0 unspecified atom stereocenters. The average Bonchev–Trinajstić information content (AvgIpc) is 2.61. The molecule has 1 aromatic heterocycles. The second kappa shape index (κ2) is 4.67. The second-order valence-corrected chi connectivity index (χ2v) is 4.63. The summed E-state index contributed by atoms with van der Waals surface area (Å²) in [6.45, 7) is 2.58. The van der Waals surface area contributed by atoms with Crippen molar-refractivity contribution in [1.29, 1.82) is 0 Å². The third-order valence-electron chi connectivity index (χ3n) is 2.08. The minimum atomic E-state index is 0.166. The van der Waals surface area contributed by atoms with Crippen molar-refractivity contribution in [2.75, 3.05) is 6.61 Å². The maximum Gasteiger partial charge on any atom is 0.207 e. The van der Waals surface area contributed by atoms with E-state index in [0.717, 1.165) is 11.4 Å². The number of nitrogens with zero attached hydrogens (tertiary/aromatic N) is 1. The lowest BCUT2D eigenvalue weighted by molar-refractivity contribution is 0.340. The third kappa shape index (κ3) is 2.10. The van der Waals surface area contributed by atoms with Crippen LogP contribution in [0.15, 0.2) is 29.6 Å². The molecule has 16 heavy (non-hydrogen) atoms. The van der Waals surface area contributed by atoms with Gasteiger partial charge in [-0.15, -0.1) is 11.3 Å². The van der Waals surface area contributed by atoms with Gasteiger partial charge in [-0.3, -0.25) is 4.57 Å². The molecule has 0 amide bonds. The predicted octanol–water partition coefficient (Wildman–Crippen LogP) is 3.37. The van der Waals surface area contributed by atoms with Crippen LogP contribution >= 0.6 is 23.6 Å². The number of aromatic nitrogens is 1. The molecule has 1 N–H and O–H groups in total. The Morgan fingerprint density at radius 2 is 2.06 bits per heavy atom. The van der Waals surface area contributed by atoms with Gasteiger partial charge in [-0.25, -0.2) is 0 Å². The van der Waals surface area contributed by atoms with Gasteiger partial charge in [-0.1, -0.05) is 0 Å². The van der Waals surface area contributed by atoms with E-state index >= 15 is 0 Å². The Bertz CT molecular complexity index is 528. The lowest BCUT2D eigenvalue weighted by Crippen LogP contribution is -1.94. The molecule has 0 spiro atoms. The van der Waals surface area contributed by atoms with E-state index in [-0.39, 0.29) is 5.88 Å². The van der Waals surface area contributed by atoms with Crippen LogP contribution in [-0.4, -0.2) is 16.3 Å². The SMILES string of the molecule is CCOc1ccc(-n2c(O)csc2=S)cc1. The van der Waals surface area contributed by atoms with Crippen LogP contribution in [0, 0.1) is 3.95 Å². The first-order chi connectivity index (χ1) is 7.72. The van der Waals surface area contributed by atoms with Crippen LogP contribution in [0.4, 0.5) is 0 Å². The van der Waals surface area contributed by atoms with Crippen molar-refractivity contribution in [2.24, 2.45) is 0 Å². The zero-order chi connectivity index (χ0) is 11.5. The highest BCUT2D eigenvalue weighted by atomic mass is 32.1. The summed E-state index contributed by atoms with van der Waals surface area (Å²) in [7, 11) is 0. The lowest BCUT2D eigenvalue weighted by atomic mass is 10.3. The Labute approximate surface area is 103 Å². The molecule has 0 fully saturated rings. The van der Waals surface area contributed by atoms with Crippen LogP contribution in [0.5, 0.6) is 11.6 Å². The summed E-state index contributed by atoms with van der Waals surface area (Å²) in [5, 5.41) is 11.3. The number of rotatable bonds is 3. The highest BCUT2D eigenvalue weighted by Crippen LogP contribution is 2.24. The van der Waals surface area contributed by atoms with Crippen molar-refractivity contribution >= 4 is 23.6 Å². The van der Waals surface area contributed by atoms with E-state index in [2.05, 4.69) is 0 Å². The molecule has 1 aromatic carbocycles. The van der Waals surface area contributed by atoms with Gasteiger partial charge in [0.15, 0.2) is 3.95 Å². The largest absolute Gasteiger partial charge is 0.494 e. The highest BCUT2D eigenvalue weighted by Gasteiger charge is 2.04. The monoisotopic (exact) mass is 253 g/mol. The van der Waals surface area contributed by atoms with Crippen LogP contribution in [0.2, 0.25) is 0 Å². The van der Waals surface area contributed by atoms with Gasteiger partial charge in [0, 0.05) is 0 Å². The van der Waals surface area contributed by atoms with Gasteiger partial charge in [0.05, 0.1) is 17.7 Å². The molecule has 2 rings (SSSR count). The first kappa shape index (κ1) is 11.2. The van der Waals surface area contributed by atoms with Gasteiger partial charge in [-0.2, -0.15) is 0 Å². The summed E-state index contributed by atoms with van der Waals surface area (Å²) in [6.07, 6.45) is 0. The molecule has 2 aromatic rings. The molecule has 0 aliphatic carbocycles. The van der Waals surface area contributed by atoms with Crippen molar-refractivity contribution in [1.82, 2.24) is 4.57 Å². The topological polar surface area (TPSA) is 34.4 Å². The average molecular weight is 253 g/mol. The standard InChI is InChI=1S/C11H11NO2S2/c1-2-14-9-5-3-8(4-6-9)12-10(13)7-16-11(12)15/h3-7,13H,2H2,1H3. The van der Waals surface area contributed by atoms with Crippen molar-refractivity contribution in [3.8, 4) is 17.3 Å². The van der Waals surface area contributed by atoms with E-state index in [1.807, 2.05) is 31.2 Å². The van der Waals surface area contributed by atoms with Gasteiger partial charge in [0.2, 0.25) is 5.88 Å². The molecule has 0 saturated carbocycles. The number of ether oxygens (including phenoxy) is 1. The van der Waals surface area contributed by atoms with Crippen LogP contribution in [0.1, 0.15) is 6.92 Å². The van der Waals surface area contributed by atoms with E-state index in [1.165, 1.54) is 11.3 Å². The molecule has 0 bridgehead atoms. The number of benzene rings is 1. The molecule has 3 nitrogen and oxygen atoms in total. The van der Waals surface area contributed by atoms with Gasteiger partial charge in [0.1, 0.15) is 5.75 Å². The number of hydrogen-bond donors (Lipinski definition) is 1. The summed E-state index contributed by atoms with van der Waals surface area (Å²) < 4.78 is 7.59. The Morgan fingerprint density at radius 1 is 1.38 bits per heavy atom. The van der Waals surface area contributed by atoms with Crippen molar-refractivity contribution in [3.63, 3.8) is 0 Å². The maximum atomic E-state index is 9.63. The molecule has 5 heteroatoms. The molecule has 0 aliphatic heterocycles. The van der Waals surface area contributed by atoms with Crippen LogP contribution in [-0.2, 0) is 0 Å². The van der Waals surface area contributed by atoms with E-state index in [9.17, 15) is 5.11 Å². The van der Waals surface area contributed by atoms with Gasteiger partial charge in [-0.05, 0) is 43.4 Å². The van der Waals surface area contributed by atoms with Crippen molar-refractivity contribution in [2.45, 2.75) is 6.92 Å². The smallest absolute Gasteiger partial charge is 0.207 e. The molecular weight excluding hydrogens is 242 g/mol. The first-order valence-electron chi connectivity index (χ1n) is 4.85. The molecule has 0 radical (unpaired) electrons. The van der Waals surface area contributed by atoms with Gasteiger partial charge < -0.3 is 9.84 Å². The molecule has 1 heterocycles. The normalized spacial score (nSPS) is 10.3. The Hall–Kier alpha value is -1.33. The Kier molecular flexibility index (Phi) is 3.26. The summed E-state index contributed by atoms with van der Waals surface area (Å²) in [5.74, 6) is 0.978.